The van der Waals surface area contributed by atoms with E-state index < -0.39 is 17.7 Å². The van der Waals surface area contributed by atoms with E-state index in [0.29, 0.717) is 55.0 Å². The summed E-state index contributed by atoms with van der Waals surface area (Å²) in [5.74, 6) is 1.58. The third-order valence-corrected chi connectivity index (χ3v) is 17.0. The Morgan fingerprint density at radius 3 is 2.63 bits per heavy atom. The summed E-state index contributed by atoms with van der Waals surface area (Å²) >= 11 is 1.60. The van der Waals surface area contributed by atoms with Gasteiger partial charge in [0.05, 0.1) is 45.0 Å². The molecule has 0 aliphatic carbocycles. The number of aryl methyl sites for hydroxylation is 1. The minimum absolute atomic E-state index is 0.00944. The van der Waals surface area contributed by atoms with E-state index in [0.717, 1.165) is 73.2 Å². The normalized spacial score (nSPS) is 22.7. The number of piperazine rings is 1. The van der Waals surface area contributed by atoms with Gasteiger partial charge >= 0.3 is 6.01 Å². The van der Waals surface area contributed by atoms with Crippen LogP contribution < -0.4 is 25.0 Å². The van der Waals surface area contributed by atoms with Gasteiger partial charge < -0.3 is 39.5 Å². The molecule has 0 radical (unpaired) electrons. The molecule has 5 aliphatic heterocycles. The number of amides is 2. The Bertz CT molecular complexity index is 3390. The van der Waals surface area contributed by atoms with Crippen molar-refractivity contribution in [3.8, 4) is 51.7 Å². The molecule has 4 aromatic heterocycles. The zero-order valence-electron chi connectivity index (χ0n) is 41.7. The quantitative estimate of drug-likeness (QED) is 0.0890. The number of nitrogens with one attached hydrogen (secondary N) is 2. The molecule has 7 aromatic rings. The standard InChI is InChI=1S/C56H56F2N10O6S/c1-4-41-44(57)15-12-35-21-39(69)22-42(48(35)41)50-49(58)51-43(25-59-50)53(66-26-36-13-14-37(27-66)62-36)64-55(63-51)73-29-56-17-6-20-68(56)38(16-18-56)28-72-46-23-40(74-65-46)24-47(70)67-19-5-7-45(67)54(71)61-31(2)33-8-10-34(11-9-33)52-32(3)60-30-75-52/h1,8-12,15,21-23,25,30-31,36-38,45,62,69H,5-7,13-14,16-20,24,26-29H2,2-3H3,(H,61,71). The smallest absolute Gasteiger partial charge is 0.319 e. The average Bonchev–Trinajstić information content (AvgIpc) is 4.30. The second-order valence-corrected chi connectivity index (χ2v) is 21.6. The van der Waals surface area contributed by atoms with Crippen LogP contribution >= 0.6 is 11.3 Å². The Kier molecular flexibility index (Phi) is 12.8. The molecular formula is C56H56F2N10O6S. The lowest BCUT2D eigenvalue weighted by molar-refractivity contribution is -0.138. The largest absolute Gasteiger partial charge is 0.508 e. The molecule has 5 saturated heterocycles. The summed E-state index contributed by atoms with van der Waals surface area (Å²) in [7, 11) is 0. The maximum atomic E-state index is 17.3. The van der Waals surface area contributed by atoms with E-state index in [-0.39, 0.29) is 99.9 Å². The van der Waals surface area contributed by atoms with Crippen LogP contribution in [0.4, 0.5) is 14.6 Å². The number of ether oxygens (including phenoxy) is 2. The number of aromatic nitrogens is 5. The zero-order chi connectivity index (χ0) is 51.5. The van der Waals surface area contributed by atoms with Crippen LogP contribution in [0.25, 0.3) is 43.4 Å². The number of anilines is 1. The van der Waals surface area contributed by atoms with E-state index in [2.05, 4.69) is 41.5 Å². The van der Waals surface area contributed by atoms with Gasteiger partial charge in [0.15, 0.2) is 5.82 Å². The molecule has 12 rings (SSSR count). The Hall–Kier alpha value is -7.27. The highest BCUT2D eigenvalue weighted by molar-refractivity contribution is 7.13. The number of pyridine rings is 1. The molecule has 2 amide bonds. The summed E-state index contributed by atoms with van der Waals surface area (Å²) in [5, 5.41) is 22.8. The highest BCUT2D eigenvalue weighted by Crippen LogP contribution is 2.44. The molecule has 6 atom stereocenters. The van der Waals surface area contributed by atoms with Gasteiger partial charge in [-0.3, -0.25) is 19.5 Å². The maximum Gasteiger partial charge on any atom is 0.319 e. The predicted molar refractivity (Wildman–Crippen MR) is 278 cm³/mol. The van der Waals surface area contributed by atoms with Crippen LogP contribution in [0.15, 0.2) is 70.8 Å². The van der Waals surface area contributed by atoms with Crippen molar-refractivity contribution >= 4 is 50.6 Å². The minimum Gasteiger partial charge on any atom is -0.508 e. The van der Waals surface area contributed by atoms with E-state index >= 15 is 8.78 Å². The summed E-state index contributed by atoms with van der Waals surface area (Å²) in [5.41, 5.74) is 4.46. The number of carbonyl (C=O) groups excluding carboxylic acids is 2. The second kappa shape index (κ2) is 19.8. The number of rotatable bonds is 14. The monoisotopic (exact) mass is 1030 g/mol. The molecule has 5 aliphatic rings. The van der Waals surface area contributed by atoms with Crippen LogP contribution in [0.2, 0.25) is 0 Å². The number of carbonyl (C=O) groups is 2. The number of fused-ring (bicyclic) bond motifs is 5. The second-order valence-electron chi connectivity index (χ2n) is 20.7. The summed E-state index contributed by atoms with van der Waals surface area (Å²) in [4.78, 5) is 53.2. The zero-order valence-corrected chi connectivity index (χ0v) is 42.5. The topological polar surface area (TPSA) is 184 Å². The summed E-state index contributed by atoms with van der Waals surface area (Å²) in [6.07, 6.45) is 14.1. The Labute approximate surface area is 435 Å². The number of thiazole rings is 1. The number of phenolic OH excluding ortho intramolecular Hbond substituents is 1. The first kappa shape index (κ1) is 48.7. The molecule has 3 N–H and O–H groups in total. The van der Waals surface area contributed by atoms with Crippen molar-refractivity contribution in [1.82, 2.24) is 45.5 Å². The predicted octanol–water partition coefficient (Wildman–Crippen LogP) is 8.04. The Balaban J connectivity index is 0.711. The van der Waals surface area contributed by atoms with E-state index in [1.165, 1.54) is 30.5 Å². The molecular weight excluding hydrogens is 979 g/mol. The van der Waals surface area contributed by atoms with Gasteiger partial charge in [-0.15, -0.1) is 17.8 Å². The first-order chi connectivity index (χ1) is 36.4. The number of likely N-dealkylation sites (tertiary alicyclic amines) is 1. The van der Waals surface area contributed by atoms with Crippen molar-refractivity contribution in [3.63, 3.8) is 0 Å². The molecule has 6 unspecified atom stereocenters. The lowest BCUT2D eigenvalue weighted by Gasteiger charge is -2.35. The van der Waals surface area contributed by atoms with Crippen molar-refractivity contribution in [1.29, 1.82) is 0 Å². The van der Waals surface area contributed by atoms with Gasteiger partial charge in [-0.1, -0.05) is 36.3 Å². The number of hydrogen-bond acceptors (Lipinski definition) is 15. The van der Waals surface area contributed by atoms with Gasteiger partial charge in [0.2, 0.25) is 11.8 Å². The van der Waals surface area contributed by atoms with Crippen molar-refractivity contribution < 1.29 is 37.5 Å². The summed E-state index contributed by atoms with van der Waals surface area (Å²) in [6.45, 7) is 7.16. The first-order valence-corrected chi connectivity index (χ1v) is 26.7. The number of aromatic hydroxyl groups is 1. The van der Waals surface area contributed by atoms with Crippen molar-refractivity contribution in [2.24, 2.45) is 0 Å². The van der Waals surface area contributed by atoms with Gasteiger partial charge in [-0.2, -0.15) is 9.97 Å². The van der Waals surface area contributed by atoms with Gasteiger partial charge in [-0.05, 0) is 112 Å². The third-order valence-electron chi connectivity index (χ3n) is 16.1. The number of hydrogen-bond donors (Lipinski definition) is 3. The van der Waals surface area contributed by atoms with E-state index in [9.17, 15) is 14.7 Å². The maximum absolute atomic E-state index is 17.3. The van der Waals surface area contributed by atoms with Crippen LogP contribution in [-0.2, 0) is 16.0 Å². The molecule has 3 aromatic carbocycles. The van der Waals surface area contributed by atoms with Crippen molar-refractivity contribution in [2.45, 2.75) is 107 Å². The van der Waals surface area contributed by atoms with Crippen molar-refractivity contribution in [3.05, 3.63) is 101 Å². The summed E-state index contributed by atoms with van der Waals surface area (Å²) < 4.78 is 50.8. The Morgan fingerprint density at radius 1 is 1.01 bits per heavy atom. The highest BCUT2D eigenvalue weighted by atomic mass is 32.1. The fourth-order valence-electron chi connectivity index (χ4n) is 12.3. The van der Waals surface area contributed by atoms with E-state index in [4.69, 9.17) is 30.4 Å². The molecule has 0 saturated carbocycles. The fourth-order valence-corrected chi connectivity index (χ4v) is 13.1. The molecule has 9 heterocycles. The third kappa shape index (κ3) is 9.16. The lowest BCUT2D eigenvalue weighted by atomic mass is 9.95. The summed E-state index contributed by atoms with van der Waals surface area (Å²) in [6, 6.07) is 15.0. The average molecular weight is 1040 g/mol. The van der Waals surface area contributed by atoms with E-state index in [1.54, 1.807) is 22.3 Å². The van der Waals surface area contributed by atoms with Gasteiger partial charge in [0.25, 0.3) is 5.88 Å². The van der Waals surface area contributed by atoms with Crippen LogP contribution in [0.1, 0.15) is 86.9 Å². The number of phenols is 1. The number of nitrogens with zero attached hydrogens (tertiary/aromatic N) is 8. The Morgan fingerprint density at radius 2 is 1.84 bits per heavy atom. The van der Waals surface area contributed by atoms with Crippen LogP contribution in [0.3, 0.4) is 0 Å². The molecule has 0 spiro atoms. The highest BCUT2D eigenvalue weighted by Gasteiger charge is 2.50. The SMILES string of the molecule is C#Cc1c(F)ccc2cc(O)cc(-c3ncc4c(N5CC6CCC(C5)N6)nc(OCC56CCCN5C(COc5cc(CC(=O)N7CCCC7C(=O)NC(C)c7ccc(-c8scnc8C)cc7)on5)CC6)nc4c3F)c12. The lowest BCUT2D eigenvalue weighted by Crippen LogP contribution is -2.51. The van der Waals surface area contributed by atoms with Crippen molar-refractivity contribution in [2.75, 3.05) is 44.3 Å². The van der Waals surface area contributed by atoms with Crippen LogP contribution in [-0.4, -0.2) is 121 Å². The fraction of sp³-hybridized carbons (Fsp3) is 0.411. The first-order valence-electron chi connectivity index (χ1n) is 25.8. The molecule has 386 valence electrons. The molecule has 5 fully saturated rings. The molecule has 16 nitrogen and oxygen atoms in total. The number of benzene rings is 3. The van der Waals surface area contributed by atoms with Crippen LogP contribution in [0, 0.1) is 30.9 Å². The van der Waals surface area contributed by atoms with Gasteiger partial charge in [0, 0.05) is 61.0 Å². The van der Waals surface area contributed by atoms with Gasteiger partial charge in [-0.25, -0.2) is 13.8 Å². The van der Waals surface area contributed by atoms with Crippen LogP contribution in [0.5, 0.6) is 17.6 Å². The number of halogens is 2. The molecule has 19 heteroatoms. The van der Waals surface area contributed by atoms with Gasteiger partial charge in [0.1, 0.15) is 53.6 Å². The number of terminal acetylenes is 1. The minimum atomic E-state index is -0.772. The molecule has 75 heavy (non-hydrogen) atoms. The van der Waals surface area contributed by atoms with E-state index in [1.807, 2.05) is 43.6 Å². The molecule has 2 bridgehead atoms.